The second kappa shape index (κ2) is 9.72. The number of carbonyl (C=O) groups excluding carboxylic acids is 1. The summed E-state index contributed by atoms with van der Waals surface area (Å²) in [4.78, 5) is 14.9. The van der Waals surface area contributed by atoms with E-state index in [9.17, 15) is 4.79 Å². The van der Waals surface area contributed by atoms with Crippen molar-refractivity contribution in [3.05, 3.63) is 95.6 Å². The third kappa shape index (κ3) is 4.99. The Hall–Kier alpha value is -3.11. The first-order chi connectivity index (χ1) is 13.7. The van der Waals surface area contributed by atoms with Crippen LogP contribution < -0.4 is 9.47 Å². The van der Waals surface area contributed by atoms with Crippen LogP contribution in [0.2, 0.25) is 0 Å². The lowest BCUT2D eigenvalue weighted by Gasteiger charge is -2.23. The normalized spacial score (nSPS) is 10.7. The van der Waals surface area contributed by atoms with Crippen molar-refractivity contribution in [1.29, 1.82) is 0 Å². The maximum absolute atomic E-state index is 12.8. The Morgan fingerprint density at radius 1 is 0.786 bits per heavy atom. The SMILES string of the molecule is COc1cccc(CN(CC(=O)c2ccccc2)Cc2ccccc2)c1OC. The van der Waals surface area contributed by atoms with Gasteiger partial charge in [0, 0.05) is 24.2 Å². The van der Waals surface area contributed by atoms with E-state index in [1.165, 1.54) is 0 Å². The Balaban J connectivity index is 1.85. The van der Waals surface area contributed by atoms with E-state index >= 15 is 0 Å². The van der Waals surface area contributed by atoms with Gasteiger partial charge < -0.3 is 9.47 Å². The summed E-state index contributed by atoms with van der Waals surface area (Å²) >= 11 is 0. The number of nitrogens with zero attached hydrogens (tertiary/aromatic N) is 1. The van der Waals surface area contributed by atoms with Gasteiger partial charge in [0.2, 0.25) is 0 Å². The second-order valence-corrected chi connectivity index (χ2v) is 6.57. The highest BCUT2D eigenvalue weighted by Gasteiger charge is 2.17. The zero-order valence-electron chi connectivity index (χ0n) is 16.3. The van der Waals surface area contributed by atoms with Crippen LogP contribution in [-0.2, 0) is 13.1 Å². The fraction of sp³-hybridized carbons (Fsp3) is 0.208. The lowest BCUT2D eigenvalue weighted by atomic mass is 10.1. The van der Waals surface area contributed by atoms with Crippen LogP contribution in [0.25, 0.3) is 0 Å². The van der Waals surface area contributed by atoms with Crippen LogP contribution in [0.15, 0.2) is 78.9 Å². The number of para-hydroxylation sites is 1. The summed E-state index contributed by atoms with van der Waals surface area (Å²) in [6.45, 7) is 1.56. The van der Waals surface area contributed by atoms with Crippen LogP contribution >= 0.6 is 0 Å². The molecule has 4 heteroatoms. The molecule has 0 aliphatic rings. The average Bonchev–Trinajstić information content (AvgIpc) is 2.74. The summed E-state index contributed by atoms with van der Waals surface area (Å²) < 4.78 is 11.0. The Bertz CT molecular complexity index is 894. The van der Waals surface area contributed by atoms with E-state index < -0.39 is 0 Å². The third-order valence-corrected chi connectivity index (χ3v) is 4.59. The van der Waals surface area contributed by atoms with E-state index in [0.717, 1.165) is 16.7 Å². The van der Waals surface area contributed by atoms with Crippen molar-refractivity contribution >= 4 is 5.78 Å². The molecule has 0 aliphatic carbocycles. The minimum absolute atomic E-state index is 0.0957. The predicted molar refractivity (Wildman–Crippen MR) is 111 cm³/mol. The molecule has 0 saturated carbocycles. The third-order valence-electron chi connectivity index (χ3n) is 4.59. The number of hydrogen-bond acceptors (Lipinski definition) is 4. The second-order valence-electron chi connectivity index (χ2n) is 6.57. The lowest BCUT2D eigenvalue weighted by Crippen LogP contribution is -2.29. The maximum atomic E-state index is 12.8. The van der Waals surface area contributed by atoms with Crippen molar-refractivity contribution in [2.75, 3.05) is 20.8 Å². The summed E-state index contributed by atoms with van der Waals surface area (Å²) in [6.07, 6.45) is 0. The first-order valence-electron chi connectivity index (χ1n) is 9.25. The van der Waals surface area contributed by atoms with E-state index in [1.54, 1.807) is 14.2 Å². The van der Waals surface area contributed by atoms with Gasteiger partial charge in [0.05, 0.1) is 20.8 Å². The number of methoxy groups -OCH3 is 2. The van der Waals surface area contributed by atoms with E-state index in [2.05, 4.69) is 17.0 Å². The van der Waals surface area contributed by atoms with Gasteiger partial charge in [-0.1, -0.05) is 72.8 Å². The number of Topliss-reactive ketones (excluding diaryl/α,β-unsaturated/α-hetero) is 1. The first-order valence-corrected chi connectivity index (χ1v) is 9.25. The Morgan fingerprint density at radius 3 is 2.11 bits per heavy atom. The Kier molecular flexibility index (Phi) is 6.82. The summed E-state index contributed by atoms with van der Waals surface area (Å²) in [5, 5.41) is 0. The minimum Gasteiger partial charge on any atom is -0.493 e. The standard InChI is InChI=1S/C24H25NO3/c1-27-23-15-9-14-21(24(23)28-2)17-25(16-19-10-5-3-6-11-19)18-22(26)20-12-7-4-8-13-20/h3-15H,16-18H2,1-2H3. The van der Waals surface area contributed by atoms with E-state index in [4.69, 9.17) is 9.47 Å². The molecule has 3 aromatic carbocycles. The number of ether oxygens (including phenoxy) is 2. The first kappa shape index (κ1) is 19.6. The predicted octanol–water partition coefficient (Wildman–Crippen LogP) is 4.59. The molecule has 4 nitrogen and oxygen atoms in total. The maximum Gasteiger partial charge on any atom is 0.176 e. The zero-order valence-corrected chi connectivity index (χ0v) is 16.3. The minimum atomic E-state index is 0.0957. The van der Waals surface area contributed by atoms with Crippen molar-refractivity contribution in [3.63, 3.8) is 0 Å². The molecular formula is C24H25NO3. The number of hydrogen-bond donors (Lipinski definition) is 0. The van der Waals surface area contributed by atoms with Gasteiger partial charge in [0.1, 0.15) is 0 Å². The monoisotopic (exact) mass is 375 g/mol. The molecule has 0 fully saturated rings. The van der Waals surface area contributed by atoms with Crippen molar-refractivity contribution in [1.82, 2.24) is 4.90 Å². The van der Waals surface area contributed by atoms with Crippen molar-refractivity contribution < 1.29 is 14.3 Å². The molecule has 0 atom stereocenters. The van der Waals surface area contributed by atoms with Gasteiger partial charge in [-0.05, 0) is 11.6 Å². The average molecular weight is 375 g/mol. The summed E-state index contributed by atoms with van der Waals surface area (Å²) in [6, 6.07) is 25.4. The van der Waals surface area contributed by atoms with Crippen LogP contribution in [0.4, 0.5) is 0 Å². The number of rotatable bonds is 9. The summed E-state index contributed by atoms with van der Waals surface area (Å²) in [5.74, 6) is 1.49. The van der Waals surface area contributed by atoms with Crippen molar-refractivity contribution in [2.45, 2.75) is 13.1 Å². The molecule has 0 unspecified atom stereocenters. The van der Waals surface area contributed by atoms with Gasteiger partial charge in [-0.3, -0.25) is 9.69 Å². The molecule has 3 aromatic rings. The molecule has 0 bridgehead atoms. The molecule has 144 valence electrons. The topological polar surface area (TPSA) is 38.8 Å². The van der Waals surface area contributed by atoms with Gasteiger partial charge in [0.25, 0.3) is 0 Å². The molecule has 0 N–H and O–H groups in total. The van der Waals surface area contributed by atoms with Crippen LogP contribution in [0.1, 0.15) is 21.5 Å². The molecule has 3 rings (SSSR count). The van der Waals surface area contributed by atoms with Crippen molar-refractivity contribution in [2.24, 2.45) is 0 Å². The van der Waals surface area contributed by atoms with E-state index in [1.807, 2.05) is 66.7 Å². The van der Waals surface area contributed by atoms with Crippen LogP contribution in [0.3, 0.4) is 0 Å². The largest absolute Gasteiger partial charge is 0.493 e. The summed E-state index contributed by atoms with van der Waals surface area (Å²) in [5.41, 5.74) is 2.86. The highest BCUT2D eigenvalue weighted by atomic mass is 16.5. The van der Waals surface area contributed by atoms with Crippen molar-refractivity contribution in [3.8, 4) is 11.5 Å². The highest BCUT2D eigenvalue weighted by molar-refractivity contribution is 5.97. The van der Waals surface area contributed by atoms with Crippen LogP contribution in [0.5, 0.6) is 11.5 Å². The lowest BCUT2D eigenvalue weighted by molar-refractivity contribution is 0.0919. The zero-order chi connectivity index (χ0) is 19.8. The number of benzene rings is 3. The Morgan fingerprint density at radius 2 is 1.46 bits per heavy atom. The molecule has 0 spiro atoms. The van der Waals surface area contributed by atoms with E-state index in [0.29, 0.717) is 31.1 Å². The Labute approximate surface area is 166 Å². The summed E-state index contributed by atoms with van der Waals surface area (Å²) in [7, 11) is 3.26. The van der Waals surface area contributed by atoms with Crippen LogP contribution in [0, 0.1) is 0 Å². The molecule has 0 amide bonds. The van der Waals surface area contributed by atoms with E-state index in [-0.39, 0.29) is 5.78 Å². The number of carbonyl (C=O) groups is 1. The molecule has 0 aliphatic heterocycles. The fourth-order valence-corrected chi connectivity index (χ4v) is 3.25. The van der Waals surface area contributed by atoms with Gasteiger partial charge >= 0.3 is 0 Å². The smallest absolute Gasteiger partial charge is 0.176 e. The fourth-order valence-electron chi connectivity index (χ4n) is 3.25. The molecular weight excluding hydrogens is 350 g/mol. The molecule has 0 radical (unpaired) electrons. The molecule has 28 heavy (non-hydrogen) atoms. The molecule has 0 heterocycles. The van der Waals surface area contributed by atoms with Gasteiger partial charge in [-0.2, -0.15) is 0 Å². The highest BCUT2D eigenvalue weighted by Crippen LogP contribution is 2.31. The van der Waals surface area contributed by atoms with Gasteiger partial charge in [0.15, 0.2) is 17.3 Å². The molecule has 0 aromatic heterocycles. The number of ketones is 1. The molecule has 0 saturated heterocycles. The van der Waals surface area contributed by atoms with Gasteiger partial charge in [-0.25, -0.2) is 0 Å². The quantitative estimate of drug-likeness (QED) is 0.513. The van der Waals surface area contributed by atoms with Gasteiger partial charge in [-0.15, -0.1) is 0 Å². The van der Waals surface area contributed by atoms with Crippen LogP contribution in [-0.4, -0.2) is 31.4 Å².